The fourth-order valence-electron chi connectivity index (χ4n) is 4.76. The second-order valence-electron chi connectivity index (χ2n) is 7.95. The predicted octanol–water partition coefficient (Wildman–Crippen LogP) is 2.21. The van der Waals surface area contributed by atoms with Crippen LogP contribution in [0.1, 0.15) is 73.6 Å². The van der Waals surface area contributed by atoms with Crippen molar-refractivity contribution in [2.75, 3.05) is 13.1 Å². The van der Waals surface area contributed by atoms with Crippen molar-refractivity contribution >= 4 is 5.91 Å². The zero-order chi connectivity index (χ0) is 17.4. The number of aromatic amines is 1. The number of aliphatic hydroxyl groups is 1. The van der Waals surface area contributed by atoms with Crippen molar-refractivity contribution in [3.8, 4) is 0 Å². The van der Waals surface area contributed by atoms with E-state index in [9.17, 15) is 9.90 Å². The number of carbonyl (C=O) groups excluding carboxylic acids is 1. The summed E-state index contributed by atoms with van der Waals surface area (Å²) in [5.74, 6) is 0.0534. The molecular weight excluding hydrogens is 318 g/mol. The first-order chi connectivity index (χ1) is 12.1. The molecule has 3 aliphatic rings. The van der Waals surface area contributed by atoms with E-state index in [2.05, 4.69) is 17.1 Å². The van der Waals surface area contributed by atoms with E-state index in [0.29, 0.717) is 25.2 Å². The van der Waals surface area contributed by atoms with Gasteiger partial charge >= 0.3 is 0 Å². The van der Waals surface area contributed by atoms with Gasteiger partial charge in [0.25, 0.3) is 5.91 Å². The van der Waals surface area contributed by atoms with E-state index >= 15 is 0 Å². The molecule has 138 valence electrons. The van der Waals surface area contributed by atoms with Gasteiger partial charge in [0.15, 0.2) is 5.69 Å². The number of ether oxygens (including phenoxy) is 1. The summed E-state index contributed by atoms with van der Waals surface area (Å²) in [6.07, 6.45) is 8.11. The summed E-state index contributed by atoms with van der Waals surface area (Å²) >= 11 is 0. The molecule has 1 aromatic heterocycles. The Hall–Kier alpha value is -1.40. The van der Waals surface area contributed by atoms with Crippen molar-refractivity contribution in [1.29, 1.82) is 0 Å². The Kier molecular flexibility index (Phi) is 4.58. The molecule has 25 heavy (non-hydrogen) atoms. The first-order valence-electron chi connectivity index (χ1n) is 9.81. The molecule has 3 heterocycles. The molecule has 2 aliphatic heterocycles. The molecular formula is C19H29N3O3. The average Bonchev–Trinajstić information content (AvgIpc) is 3.05. The van der Waals surface area contributed by atoms with E-state index in [0.717, 1.165) is 56.2 Å². The van der Waals surface area contributed by atoms with Crippen molar-refractivity contribution < 1.29 is 14.6 Å². The smallest absolute Gasteiger partial charge is 0.274 e. The van der Waals surface area contributed by atoms with Crippen LogP contribution in [-0.4, -0.2) is 57.0 Å². The van der Waals surface area contributed by atoms with Gasteiger partial charge in [-0.2, -0.15) is 5.10 Å². The van der Waals surface area contributed by atoms with Crippen LogP contribution in [0.3, 0.4) is 0 Å². The van der Waals surface area contributed by atoms with Crippen LogP contribution in [0.4, 0.5) is 0 Å². The maximum absolute atomic E-state index is 12.9. The Morgan fingerprint density at radius 3 is 2.88 bits per heavy atom. The molecule has 0 unspecified atom stereocenters. The van der Waals surface area contributed by atoms with Crippen LogP contribution in [0.5, 0.6) is 0 Å². The molecule has 1 aliphatic carbocycles. The minimum atomic E-state index is -0.278. The van der Waals surface area contributed by atoms with Gasteiger partial charge in [-0.15, -0.1) is 0 Å². The van der Waals surface area contributed by atoms with Crippen LogP contribution >= 0.6 is 0 Å². The maximum atomic E-state index is 12.9. The van der Waals surface area contributed by atoms with Crippen LogP contribution in [0.2, 0.25) is 0 Å². The highest BCUT2D eigenvalue weighted by Gasteiger charge is 2.44. The number of nitrogens with zero attached hydrogens (tertiary/aromatic N) is 2. The Balaban J connectivity index is 1.43. The number of aromatic nitrogens is 2. The molecule has 1 spiro atoms. The van der Waals surface area contributed by atoms with E-state index in [-0.39, 0.29) is 23.7 Å². The Bertz CT molecular complexity index is 634. The summed E-state index contributed by atoms with van der Waals surface area (Å²) in [5, 5.41) is 17.6. The van der Waals surface area contributed by atoms with E-state index in [1.165, 1.54) is 6.42 Å². The van der Waals surface area contributed by atoms with Crippen molar-refractivity contribution in [3.63, 3.8) is 0 Å². The molecule has 6 nitrogen and oxygen atoms in total. The quantitative estimate of drug-likeness (QED) is 0.860. The van der Waals surface area contributed by atoms with Gasteiger partial charge in [-0.3, -0.25) is 9.89 Å². The molecule has 2 atom stereocenters. The molecule has 0 radical (unpaired) electrons. The fourth-order valence-corrected chi connectivity index (χ4v) is 4.76. The molecule has 0 saturated carbocycles. The van der Waals surface area contributed by atoms with Crippen LogP contribution in [0.15, 0.2) is 0 Å². The molecule has 0 bridgehead atoms. The monoisotopic (exact) mass is 347 g/mol. The van der Waals surface area contributed by atoms with E-state index < -0.39 is 0 Å². The summed E-state index contributed by atoms with van der Waals surface area (Å²) in [6.45, 7) is 3.48. The number of hydrogen-bond acceptors (Lipinski definition) is 4. The number of fused-ring (bicyclic) bond motifs is 1. The van der Waals surface area contributed by atoms with Crippen LogP contribution < -0.4 is 0 Å². The maximum Gasteiger partial charge on any atom is 0.274 e. The number of aliphatic hydroxyl groups excluding tert-OH is 1. The third-order valence-corrected chi connectivity index (χ3v) is 6.24. The Morgan fingerprint density at radius 2 is 2.12 bits per heavy atom. The van der Waals surface area contributed by atoms with Crippen molar-refractivity contribution in [2.45, 2.75) is 82.5 Å². The number of carbonyl (C=O) groups is 1. The standard InChI is InChI=1S/C19H29N3O3/c1-2-14-11-13(23)12-19(25-14)7-9-22(10-8-19)18(24)17-15-5-3-4-6-16(15)20-21-17/h13-14,23H,2-12H2,1H3,(H,20,21)/t13-,14+/m1/s1. The van der Waals surface area contributed by atoms with Gasteiger partial charge in [-0.05, 0) is 51.4 Å². The number of nitrogens with one attached hydrogen (secondary N) is 1. The minimum absolute atomic E-state index is 0.0534. The van der Waals surface area contributed by atoms with Gasteiger partial charge in [0.1, 0.15) is 0 Å². The highest BCUT2D eigenvalue weighted by molar-refractivity contribution is 5.94. The molecule has 4 rings (SSSR count). The number of hydrogen-bond donors (Lipinski definition) is 2. The van der Waals surface area contributed by atoms with Gasteiger partial charge in [-0.25, -0.2) is 0 Å². The van der Waals surface area contributed by atoms with E-state index in [1.54, 1.807) is 0 Å². The third kappa shape index (κ3) is 3.22. The second kappa shape index (κ2) is 6.72. The summed E-state index contributed by atoms with van der Waals surface area (Å²) in [6, 6.07) is 0. The molecule has 0 aromatic carbocycles. The van der Waals surface area contributed by atoms with Crippen molar-refractivity contribution in [1.82, 2.24) is 15.1 Å². The highest BCUT2D eigenvalue weighted by Crippen LogP contribution is 2.38. The number of rotatable bonds is 2. The van der Waals surface area contributed by atoms with Crippen molar-refractivity contribution in [3.05, 3.63) is 17.0 Å². The molecule has 1 amide bonds. The number of likely N-dealkylation sites (tertiary alicyclic amines) is 1. The normalized spacial score (nSPS) is 28.8. The zero-order valence-electron chi connectivity index (χ0n) is 15.1. The summed E-state index contributed by atoms with van der Waals surface area (Å²) < 4.78 is 6.32. The van der Waals surface area contributed by atoms with E-state index in [4.69, 9.17) is 4.74 Å². The number of H-pyrrole nitrogens is 1. The average molecular weight is 347 g/mol. The third-order valence-electron chi connectivity index (χ3n) is 6.24. The molecule has 2 N–H and O–H groups in total. The first kappa shape index (κ1) is 17.0. The lowest BCUT2D eigenvalue weighted by Gasteiger charge is -2.47. The number of piperidine rings is 1. The summed E-state index contributed by atoms with van der Waals surface area (Å²) in [7, 11) is 0. The topological polar surface area (TPSA) is 78.5 Å². The minimum Gasteiger partial charge on any atom is -0.393 e. The summed E-state index contributed by atoms with van der Waals surface area (Å²) in [5.41, 5.74) is 2.65. The fraction of sp³-hybridized carbons (Fsp3) is 0.789. The number of aryl methyl sites for hydroxylation is 1. The van der Waals surface area contributed by atoms with Gasteiger partial charge in [0.05, 0.1) is 17.8 Å². The molecule has 6 heteroatoms. The van der Waals surface area contributed by atoms with E-state index in [1.807, 2.05) is 4.90 Å². The van der Waals surface area contributed by atoms with Crippen molar-refractivity contribution in [2.24, 2.45) is 0 Å². The lowest BCUT2D eigenvalue weighted by molar-refractivity contribution is -0.179. The molecule has 2 fully saturated rings. The van der Waals surface area contributed by atoms with Crippen LogP contribution in [-0.2, 0) is 17.6 Å². The zero-order valence-corrected chi connectivity index (χ0v) is 15.1. The van der Waals surface area contributed by atoms with Crippen LogP contribution in [0.25, 0.3) is 0 Å². The van der Waals surface area contributed by atoms with Crippen LogP contribution in [0, 0.1) is 0 Å². The van der Waals surface area contributed by atoms with Gasteiger partial charge < -0.3 is 14.7 Å². The SMILES string of the molecule is CC[C@H]1C[C@@H](O)CC2(CCN(C(=O)c3n[nH]c4c3CCCC4)CC2)O1. The highest BCUT2D eigenvalue weighted by atomic mass is 16.5. The largest absolute Gasteiger partial charge is 0.393 e. The predicted molar refractivity (Wildman–Crippen MR) is 93.5 cm³/mol. The Morgan fingerprint density at radius 1 is 1.36 bits per heavy atom. The van der Waals surface area contributed by atoms with Gasteiger partial charge in [-0.1, -0.05) is 6.92 Å². The molecule has 2 saturated heterocycles. The number of amides is 1. The Labute approximate surface area is 148 Å². The van der Waals surface area contributed by atoms with Gasteiger partial charge in [0, 0.05) is 30.8 Å². The lowest BCUT2D eigenvalue weighted by atomic mass is 9.81. The molecule has 1 aromatic rings. The first-order valence-corrected chi connectivity index (χ1v) is 9.81. The second-order valence-corrected chi connectivity index (χ2v) is 7.95. The van der Waals surface area contributed by atoms with Gasteiger partial charge in [0.2, 0.25) is 0 Å². The summed E-state index contributed by atoms with van der Waals surface area (Å²) in [4.78, 5) is 14.9. The lowest BCUT2D eigenvalue weighted by Crippen LogP contribution is -2.53.